The summed E-state index contributed by atoms with van der Waals surface area (Å²) in [6, 6.07) is 8.64. The maximum absolute atomic E-state index is 12.5. The van der Waals surface area contributed by atoms with Crippen LogP contribution in [0.3, 0.4) is 0 Å². The van der Waals surface area contributed by atoms with E-state index in [1.54, 1.807) is 11.8 Å². The van der Waals surface area contributed by atoms with Gasteiger partial charge in [0.25, 0.3) is 0 Å². The zero-order valence-electron chi connectivity index (χ0n) is 14.5. The van der Waals surface area contributed by atoms with Crippen LogP contribution in [0, 0.1) is 0 Å². The van der Waals surface area contributed by atoms with Crippen LogP contribution in [0.2, 0.25) is 0 Å². The van der Waals surface area contributed by atoms with Gasteiger partial charge in [0.15, 0.2) is 0 Å². The van der Waals surface area contributed by atoms with Gasteiger partial charge in [-0.15, -0.1) is 12.4 Å². The molecule has 24 heavy (non-hydrogen) atoms. The van der Waals surface area contributed by atoms with Crippen molar-refractivity contribution >= 4 is 29.9 Å². The number of benzene rings is 1. The van der Waals surface area contributed by atoms with Crippen molar-refractivity contribution in [1.29, 1.82) is 0 Å². The van der Waals surface area contributed by atoms with E-state index in [0.717, 1.165) is 6.42 Å². The number of methoxy groups -OCH3 is 1. The van der Waals surface area contributed by atoms with E-state index in [9.17, 15) is 9.59 Å². The molecular formula is C17H28ClN3O3. The molecule has 136 valence electrons. The molecule has 7 heteroatoms. The molecule has 1 aromatic rings. The van der Waals surface area contributed by atoms with E-state index < -0.39 is 6.04 Å². The van der Waals surface area contributed by atoms with Gasteiger partial charge in [-0.3, -0.25) is 9.59 Å². The summed E-state index contributed by atoms with van der Waals surface area (Å²) in [5, 5.41) is 2.83. The van der Waals surface area contributed by atoms with Gasteiger partial charge in [0.1, 0.15) is 6.04 Å². The van der Waals surface area contributed by atoms with Gasteiger partial charge in [0.05, 0.1) is 12.5 Å². The van der Waals surface area contributed by atoms with Crippen molar-refractivity contribution in [2.45, 2.75) is 38.8 Å². The van der Waals surface area contributed by atoms with E-state index in [0.29, 0.717) is 12.2 Å². The molecule has 1 rings (SSSR count). The maximum Gasteiger partial charge on any atom is 0.246 e. The summed E-state index contributed by atoms with van der Waals surface area (Å²) in [4.78, 5) is 26.5. The standard InChI is InChI=1S/C17H27N3O3.ClH/c1-4-10-20(16(21)11-15(12-18)23-3)13(2)17(22)19-14-8-6-5-7-9-14;/h5-9,13,15H,4,10-12,18H2,1-3H3,(H,19,22);1H. The molecule has 0 aliphatic rings. The fourth-order valence-corrected chi connectivity index (χ4v) is 2.26. The number of nitrogens with one attached hydrogen (secondary N) is 1. The van der Waals surface area contributed by atoms with Crippen LogP contribution in [0.5, 0.6) is 0 Å². The van der Waals surface area contributed by atoms with Crippen molar-refractivity contribution in [2.75, 3.05) is 25.5 Å². The lowest BCUT2D eigenvalue weighted by Crippen LogP contribution is -2.47. The minimum atomic E-state index is -0.557. The fraction of sp³-hybridized carbons (Fsp3) is 0.529. The molecule has 2 unspecified atom stereocenters. The summed E-state index contributed by atoms with van der Waals surface area (Å²) in [6.45, 7) is 4.49. The second kappa shape index (κ2) is 11.8. The van der Waals surface area contributed by atoms with Gasteiger partial charge in [-0.25, -0.2) is 0 Å². The molecule has 2 atom stereocenters. The Hall–Kier alpha value is -1.63. The smallest absolute Gasteiger partial charge is 0.246 e. The van der Waals surface area contributed by atoms with Crippen molar-refractivity contribution in [3.05, 3.63) is 30.3 Å². The highest BCUT2D eigenvalue weighted by atomic mass is 35.5. The number of ether oxygens (including phenoxy) is 1. The van der Waals surface area contributed by atoms with Crippen LogP contribution in [-0.2, 0) is 14.3 Å². The second-order valence-electron chi connectivity index (χ2n) is 5.42. The van der Waals surface area contributed by atoms with Crippen LogP contribution in [0.25, 0.3) is 0 Å². The lowest BCUT2D eigenvalue weighted by atomic mass is 10.1. The molecule has 0 aliphatic carbocycles. The molecular weight excluding hydrogens is 330 g/mol. The molecule has 0 radical (unpaired) electrons. The SMILES string of the molecule is CCCN(C(=O)CC(CN)OC)C(C)C(=O)Nc1ccccc1.Cl. The molecule has 0 bridgehead atoms. The molecule has 3 N–H and O–H groups in total. The number of carbonyl (C=O) groups excluding carboxylic acids is 2. The number of hydrogen-bond donors (Lipinski definition) is 2. The Labute approximate surface area is 150 Å². The summed E-state index contributed by atoms with van der Waals surface area (Å²) in [5.74, 6) is -0.334. The van der Waals surface area contributed by atoms with Gasteiger partial charge < -0.3 is 20.7 Å². The highest BCUT2D eigenvalue weighted by Gasteiger charge is 2.26. The average Bonchev–Trinajstić information content (AvgIpc) is 2.57. The van der Waals surface area contributed by atoms with E-state index in [2.05, 4.69) is 5.32 Å². The Morgan fingerprint density at radius 3 is 2.42 bits per heavy atom. The molecule has 1 aromatic carbocycles. The summed E-state index contributed by atoms with van der Waals surface area (Å²) in [6.07, 6.45) is 0.622. The fourth-order valence-electron chi connectivity index (χ4n) is 2.26. The van der Waals surface area contributed by atoms with Crippen LogP contribution in [0.4, 0.5) is 5.69 Å². The van der Waals surface area contributed by atoms with Crippen molar-refractivity contribution in [3.63, 3.8) is 0 Å². The second-order valence-corrected chi connectivity index (χ2v) is 5.42. The number of carbonyl (C=O) groups is 2. The Morgan fingerprint density at radius 1 is 1.29 bits per heavy atom. The third-order valence-corrected chi connectivity index (χ3v) is 3.67. The summed E-state index contributed by atoms with van der Waals surface area (Å²) in [5.41, 5.74) is 6.28. The first-order chi connectivity index (χ1) is 11.0. The molecule has 0 aliphatic heterocycles. The Kier molecular flexibility index (Phi) is 11.0. The normalized spacial score (nSPS) is 12.7. The first-order valence-corrected chi connectivity index (χ1v) is 7.91. The van der Waals surface area contributed by atoms with Crippen molar-refractivity contribution in [2.24, 2.45) is 5.73 Å². The predicted molar refractivity (Wildman–Crippen MR) is 98.3 cm³/mol. The van der Waals surface area contributed by atoms with E-state index in [4.69, 9.17) is 10.5 Å². The van der Waals surface area contributed by atoms with E-state index in [-0.39, 0.29) is 43.3 Å². The van der Waals surface area contributed by atoms with E-state index in [1.807, 2.05) is 37.3 Å². The van der Waals surface area contributed by atoms with Crippen LogP contribution in [0.15, 0.2) is 30.3 Å². The number of nitrogens with two attached hydrogens (primary N) is 1. The van der Waals surface area contributed by atoms with E-state index in [1.165, 1.54) is 7.11 Å². The topological polar surface area (TPSA) is 84.7 Å². The minimum absolute atomic E-state index is 0. The minimum Gasteiger partial charge on any atom is -0.380 e. The molecule has 0 saturated heterocycles. The Bertz CT molecular complexity index is 495. The zero-order valence-corrected chi connectivity index (χ0v) is 15.3. The quantitative estimate of drug-likeness (QED) is 0.708. The van der Waals surface area contributed by atoms with Gasteiger partial charge in [-0.1, -0.05) is 25.1 Å². The molecule has 6 nitrogen and oxygen atoms in total. The summed E-state index contributed by atoms with van der Waals surface area (Å²) >= 11 is 0. The Balaban J connectivity index is 0.00000529. The van der Waals surface area contributed by atoms with Gasteiger partial charge >= 0.3 is 0 Å². The Morgan fingerprint density at radius 2 is 1.92 bits per heavy atom. The number of anilines is 1. The maximum atomic E-state index is 12.5. The van der Waals surface area contributed by atoms with Crippen molar-refractivity contribution < 1.29 is 14.3 Å². The number of hydrogen-bond acceptors (Lipinski definition) is 4. The molecule has 0 spiro atoms. The number of nitrogens with zero attached hydrogens (tertiary/aromatic N) is 1. The highest BCUT2D eigenvalue weighted by Crippen LogP contribution is 2.11. The highest BCUT2D eigenvalue weighted by molar-refractivity contribution is 5.96. The molecule has 0 heterocycles. The van der Waals surface area contributed by atoms with Crippen LogP contribution < -0.4 is 11.1 Å². The lowest BCUT2D eigenvalue weighted by molar-refractivity contribution is -0.140. The van der Waals surface area contributed by atoms with Gasteiger partial charge in [-0.2, -0.15) is 0 Å². The summed E-state index contributed by atoms with van der Waals surface area (Å²) < 4.78 is 5.16. The first kappa shape index (κ1) is 22.4. The monoisotopic (exact) mass is 357 g/mol. The molecule has 0 aromatic heterocycles. The average molecular weight is 358 g/mol. The third kappa shape index (κ3) is 6.86. The van der Waals surface area contributed by atoms with Gasteiger partial charge in [0.2, 0.25) is 11.8 Å². The summed E-state index contributed by atoms with van der Waals surface area (Å²) in [7, 11) is 1.53. The molecule has 0 fully saturated rings. The number of halogens is 1. The third-order valence-electron chi connectivity index (χ3n) is 3.67. The van der Waals surface area contributed by atoms with Crippen molar-refractivity contribution in [3.8, 4) is 0 Å². The van der Waals surface area contributed by atoms with Crippen LogP contribution in [0.1, 0.15) is 26.7 Å². The van der Waals surface area contributed by atoms with E-state index >= 15 is 0 Å². The predicted octanol–water partition coefficient (Wildman–Crippen LogP) is 2.04. The van der Waals surface area contributed by atoms with Crippen molar-refractivity contribution in [1.82, 2.24) is 4.90 Å². The first-order valence-electron chi connectivity index (χ1n) is 7.91. The molecule has 2 amide bonds. The number of rotatable bonds is 9. The van der Waals surface area contributed by atoms with Crippen LogP contribution >= 0.6 is 12.4 Å². The molecule has 0 saturated carbocycles. The number of para-hydroxylation sites is 1. The largest absolute Gasteiger partial charge is 0.380 e. The van der Waals surface area contributed by atoms with Gasteiger partial charge in [-0.05, 0) is 25.5 Å². The lowest BCUT2D eigenvalue weighted by Gasteiger charge is -2.29. The number of amides is 2. The zero-order chi connectivity index (χ0) is 17.2. The van der Waals surface area contributed by atoms with Crippen LogP contribution in [-0.4, -0.2) is 49.1 Å². The van der Waals surface area contributed by atoms with Gasteiger partial charge in [0, 0.05) is 25.9 Å².